The predicted octanol–water partition coefficient (Wildman–Crippen LogP) is 2.02. The lowest BCUT2D eigenvalue weighted by Gasteiger charge is -2.23. The summed E-state index contributed by atoms with van der Waals surface area (Å²) in [5.74, 6) is 0. The van der Waals surface area contributed by atoms with Crippen LogP contribution in [0.1, 0.15) is 39.1 Å². The van der Waals surface area contributed by atoms with Crippen molar-refractivity contribution in [1.82, 2.24) is 15.1 Å². The molecule has 0 radical (unpaired) electrons. The second-order valence-electron chi connectivity index (χ2n) is 4.61. The second kappa shape index (κ2) is 7.54. The van der Waals surface area contributed by atoms with E-state index in [1.165, 1.54) is 11.4 Å². The molecule has 0 saturated heterocycles. The maximum absolute atomic E-state index is 5.45. The molecule has 1 aromatic heterocycles. The van der Waals surface area contributed by atoms with E-state index >= 15 is 0 Å². The van der Waals surface area contributed by atoms with Gasteiger partial charge in [-0.3, -0.25) is 4.68 Å². The number of aryl methyl sites for hydroxylation is 2. The molecular formula is C14H27N3O. The molecule has 1 N–H and O–H groups in total. The number of aromatic nitrogens is 2. The minimum atomic E-state index is 0.204. The maximum atomic E-state index is 5.45. The number of hydrogen-bond acceptors (Lipinski definition) is 3. The molecule has 0 amide bonds. The summed E-state index contributed by atoms with van der Waals surface area (Å²) in [4.78, 5) is 0. The SMILES string of the molecule is CCNC(Cc1cc(CC)nn1CC)C(C)OC. The van der Waals surface area contributed by atoms with Crippen LogP contribution in [0.2, 0.25) is 0 Å². The fourth-order valence-corrected chi connectivity index (χ4v) is 2.18. The number of hydrogen-bond donors (Lipinski definition) is 1. The first-order valence-corrected chi connectivity index (χ1v) is 6.97. The molecule has 0 fully saturated rings. The number of methoxy groups -OCH3 is 1. The van der Waals surface area contributed by atoms with E-state index in [2.05, 4.69) is 48.9 Å². The van der Waals surface area contributed by atoms with Crippen LogP contribution < -0.4 is 5.32 Å². The van der Waals surface area contributed by atoms with Gasteiger partial charge in [0.15, 0.2) is 0 Å². The largest absolute Gasteiger partial charge is 0.380 e. The number of likely N-dealkylation sites (N-methyl/N-ethyl adjacent to an activating group) is 1. The van der Waals surface area contributed by atoms with Crippen LogP contribution in [0.5, 0.6) is 0 Å². The number of ether oxygens (including phenoxy) is 1. The van der Waals surface area contributed by atoms with E-state index in [0.29, 0.717) is 6.04 Å². The van der Waals surface area contributed by atoms with Gasteiger partial charge in [0.2, 0.25) is 0 Å². The Kier molecular flexibility index (Phi) is 6.36. The third-order valence-electron chi connectivity index (χ3n) is 3.41. The minimum Gasteiger partial charge on any atom is -0.380 e. The molecule has 1 heterocycles. The first-order chi connectivity index (χ1) is 8.65. The maximum Gasteiger partial charge on any atom is 0.0699 e. The second-order valence-corrected chi connectivity index (χ2v) is 4.61. The molecule has 1 aromatic rings. The first-order valence-electron chi connectivity index (χ1n) is 6.97. The van der Waals surface area contributed by atoms with Crippen molar-refractivity contribution >= 4 is 0 Å². The molecule has 4 nitrogen and oxygen atoms in total. The van der Waals surface area contributed by atoms with Crippen LogP contribution in [0.4, 0.5) is 0 Å². The standard InChI is InChI=1S/C14H27N3O/c1-6-12-9-13(17(8-3)16-12)10-14(15-7-2)11(4)18-5/h9,11,14-15H,6-8,10H2,1-5H3. The predicted molar refractivity (Wildman–Crippen MR) is 74.9 cm³/mol. The lowest BCUT2D eigenvalue weighted by molar-refractivity contribution is 0.0829. The van der Waals surface area contributed by atoms with Crippen molar-refractivity contribution in [2.24, 2.45) is 0 Å². The van der Waals surface area contributed by atoms with Gasteiger partial charge < -0.3 is 10.1 Å². The molecule has 0 saturated carbocycles. The zero-order valence-corrected chi connectivity index (χ0v) is 12.4. The summed E-state index contributed by atoms with van der Waals surface area (Å²) in [6, 6.07) is 2.56. The van der Waals surface area contributed by atoms with E-state index in [9.17, 15) is 0 Å². The number of rotatable bonds is 8. The van der Waals surface area contributed by atoms with Crippen molar-refractivity contribution in [1.29, 1.82) is 0 Å². The van der Waals surface area contributed by atoms with Crippen LogP contribution in [-0.2, 0) is 24.1 Å². The van der Waals surface area contributed by atoms with Gasteiger partial charge in [-0.05, 0) is 32.9 Å². The van der Waals surface area contributed by atoms with Gasteiger partial charge in [0.05, 0.1) is 11.8 Å². The Morgan fingerprint density at radius 2 is 2.11 bits per heavy atom. The highest BCUT2D eigenvalue weighted by atomic mass is 16.5. The summed E-state index contributed by atoms with van der Waals surface area (Å²) in [5, 5.41) is 8.09. The Hall–Kier alpha value is -0.870. The molecule has 0 aliphatic carbocycles. The highest BCUT2D eigenvalue weighted by molar-refractivity contribution is 5.12. The molecule has 104 valence electrons. The van der Waals surface area contributed by atoms with Crippen molar-refractivity contribution in [2.75, 3.05) is 13.7 Å². The quantitative estimate of drug-likeness (QED) is 0.770. The van der Waals surface area contributed by atoms with Crippen LogP contribution in [0.25, 0.3) is 0 Å². The van der Waals surface area contributed by atoms with Crippen molar-refractivity contribution < 1.29 is 4.74 Å². The molecule has 0 bridgehead atoms. The molecule has 4 heteroatoms. The fourth-order valence-electron chi connectivity index (χ4n) is 2.18. The van der Waals surface area contributed by atoms with Crippen molar-refractivity contribution in [2.45, 2.75) is 59.2 Å². The Balaban J connectivity index is 2.81. The number of nitrogens with zero attached hydrogens (tertiary/aromatic N) is 2. The fraction of sp³-hybridized carbons (Fsp3) is 0.786. The van der Waals surface area contributed by atoms with Crippen molar-refractivity contribution in [3.63, 3.8) is 0 Å². The summed E-state index contributed by atoms with van der Waals surface area (Å²) in [6.07, 6.45) is 2.16. The third-order valence-corrected chi connectivity index (χ3v) is 3.41. The van der Waals surface area contributed by atoms with Gasteiger partial charge in [-0.2, -0.15) is 5.10 Å². The van der Waals surface area contributed by atoms with Crippen LogP contribution in [0.15, 0.2) is 6.07 Å². The van der Waals surface area contributed by atoms with Gasteiger partial charge in [-0.1, -0.05) is 13.8 Å². The molecule has 1 rings (SSSR count). The third kappa shape index (κ3) is 3.82. The Bertz CT molecular complexity index is 349. The summed E-state index contributed by atoms with van der Waals surface area (Å²) in [6.45, 7) is 10.4. The highest BCUT2D eigenvalue weighted by Gasteiger charge is 2.18. The van der Waals surface area contributed by atoms with E-state index in [1.54, 1.807) is 7.11 Å². The van der Waals surface area contributed by atoms with Crippen LogP contribution in [0, 0.1) is 0 Å². The van der Waals surface area contributed by atoms with Gasteiger partial charge in [0, 0.05) is 31.8 Å². The molecule has 0 spiro atoms. The van der Waals surface area contributed by atoms with E-state index in [-0.39, 0.29) is 6.10 Å². The molecule has 0 aliphatic rings. The molecule has 2 atom stereocenters. The monoisotopic (exact) mass is 253 g/mol. The molecular weight excluding hydrogens is 226 g/mol. The zero-order chi connectivity index (χ0) is 13.5. The average Bonchev–Trinajstić information content (AvgIpc) is 2.79. The first kappa shape index (κ1) is 15.2. The van der Waals surface area contributed by atoms with Gasteiger partial charge in [-0.25, -0.2) is 0 Å². The molecule has 2 unspecified atom stereocenters. The zero-order valence-electron chi connectivity index (χ0n) is 12.4. The van der Waals surface area contributed by atoms with E-state index in [4.69, 9.17) is 4.74 Å². The number of nitrogens with one attached hydrogen (secondary N) is 1. The highest BCUT2D eigenvalue weighted by Crippen LogP contribution is 2.11. The average molecular weight is 253 g/mol. The molecule has 0 aliphatic heterocycles. The van der Waals surface area contributed by atoms with Crippen molar-refractivity contribution in [3.8, 4) is 0 Å². The van der Waals surface area contributed by atoms with E-state index in [0.717, 1.165) is 25.9 Å². The van der Waals surface area contributed by atoms with Crippen LogP contribution >= 0.6 is 0 Å². The van der Waals surface area contributed by atoms with Gasteiger partial charge >= 0.3 is 0 Å². The minimum absolute atomic E-state index is 0.204. The lowest BCUT2D eigenvalue weighted by atomic mass is 10.1. The molecule has 18 heavy (non-hydrogen) atoms. The van der Waals surface area contributed by atoms with Crippen LogP contribution in [0.3, 0.4) is 0 Å². The summed E-state index contributed by atoms with van der Waals surface area (Å²) in [7, 11) is 1.77. The van der Waals surface area contributed by atoms with Crippen LogP contribution in [-0.4, -0.2) is 35.6 Å². The molecule has 0 aromatic carbocycles. The van der Waals surface area contributed by atoms with E-state index in [1.807, 2.05) is 0 Å². The summed E-state index contributed by atoms with van der Waals surface area (Å²) in [5.41, 5.74) is 2.47. The van der Waals surface area contributed by atoms with E-state index < -0.39 is 0 Å². The van der Waals surface area contributed by atoms with Crippen molar-refractivity contribution in [3.05, 3.63) is 17.5 Å². The smallest absolute Gasteiger partial charge is 0.0699 e. The van der Waals surface area contributed by atoms with Gasteiger partial charge in [0.25, 0.3) is 0 Å². The Labute approximate surface area is 111 Å². The normalized spacial score (nSPS) is 14.7. The lowest BCUT2D eigenvalue weighted by Crippen LogP contribution is -2.41. The van der Waals surface area contributed by atoms with Gasteiger partial charge in [0.1, 0.15) is 0 Å². The summed E-state index contributed by atoms with van der Waals surface area (Å²) >= 11 is 0. The van der Waals surface area contributed by atoms with Gasteiger partial charge in [-0.15, -0.1) is 0 Å². The topological polar surface area (TPSA) is 39.1 Å². The summed E-state index contributed by atoms with van der Waals surface area (Å²) < 4.78 is 7.55. The Morgan fingerprint density at radius 1 is 1.39 bits per heavy atom. The Morgan fingerprint density at radius 3 is 2.61 bits per heavy atom.